The van der Waals surface area contributed by atoms with E-state index in [1.54, 1.807) is 29.4 Å². The van der Waals surface area contributed by atoms with E-state index in [1.807, 2.05) is 31.2 Å². The van der Waals surface area contributed by atoms with Crippen molar-refractivity contribution in [3.05, 3.63) is 68.7 Å². The Morgan fingerprint density at radius 2 is 2.17 bits per heavy atom. The lowest BCUT2D eigenvalue weighted by Crippen LogP contribution is -2.27. The van der Waals surface area contributed by atoms with Gasteiger partial charge >= 0.3 is 0 Å². The van der Waals surface area contributed by atoms with Crippen LogP contribution >= 0.6 is 11.3 Å². The average molecular weight is 425 g/mol. The van der Waals surface area contributed by atoms with Crippen LogP contribution in [0.15, 0.2) is 42.5 Å². The molecule has 2 heterocycles. The molecule has 3 aromatic rings. The summed E-state index contributed by atoms with van der Waals surface area (Å²) >= 11 is 1.55. The number of nitrogens with zero attached hydrogens (tertiary/aromatic N) is 3. The molecule has 0 N–H and O–H groups in total. The maximum Gasteiger partial charge on any atom is 0.270 e. The molecule has 9 heteroatoms. The molecule has 0 aliphatic carbocycles. The summed E-state index contributed by atoms with van der Waals surface area (Å²) < 4.78 is 11.8. The minimum absolute atomic E-state index is 0.0636. The molecule has 2 aromatic carbocycles. The zero-order valence-electron chi connectivity index (χ0n) is 16.4. The van der Waals surface area contributed by atoms with Gasteiger partial charge in [-0.2, -0.15) is 0 Å². The lowest BCUT2D eigenvalue weighted by Gasteiger charge is -2.22. The van der Waals surface area contributed by atoms with Gasteiger partial charge in [0.05, 0.1) is 27.8 Å². The van der Waals surface area contributed by atoms with Crippen LogP contribution in [0.5, 0.6) is 5.75 Å². The number of carbonyl (C=O) groups excluding carboxylic acids is 1. The Hall–Kier alpha value is -3.30. The molecule has 8 nitrogen and oxygen atoms in total. The number of amides is 1. The fraction of sp³-hybridized carbons (Fsp3) is 0.238. The topological polar surface area (TPSA) is 94.8 Å². The highest BCUT2D eigenvalue weighted by Crippen LogP contribution is 2.34. The monoisotopic (exact) mass is 425 g/mol. The van der Waals surface area contributed by atoms with E-state index in [0.717, 1.165) is 15.2 Å². The predicted molar refractivity (Wildman–Crippen MR) is 113 cm³/mol. The second kappa shape index (κ2) is 8.21. The van der Waals surface area contributed by atoms with Gasteiger partial charge in [-0.1, -0.05) is 12.1 Å². The average Bonchev–Trinajstić information content (AvgIpc) is 3.20. The van der Waals surface area contributed by atoms with Crippen LogP contribution in [0.2, 0.25) is 0 Å². The summed E-state index contributed by atoms with van der Waals surface area (Å²) in [6.45, 7) is 2.20. The third kappa shape index (κ3) is 3.89. The van der Waals surface area contributed by atoms with Crippen molar-refractivity contribution in [1.82, 2.24) is 9.88 Å². The molecule has 1 amide bonds. The van der Waals surface area contributed by atoms with Crippen LogP contribution in [-0.4, -0.2) is 34.6 Å². The Bertz CT molecular complexity index is 1120. The van der Waals surface area contributed by atoms with Crippen LogP contribution in [0.4, 0.5) is 5.69 Å². The Kier molecular flexibility index (Phi) is 5.47. The summed E-state index contributed by atoms with van der Waals surface area (Å²) in [6.07, 6.45) is 2.93. The molecule has 0 spiro atoms. The van der Waals surface area contributed by atoms with Crippen molar-refractivity contribution in [2.75, 3.05) is 13.8 Å². The summed E-state index contributed by atoms with van der Waals surface area (Å²) in [5.41, 5.74) is 1.88. The summed E-state index contributed by atoms with van der Waals surface area (Å²) in [5.74, 6) is 0.256. The van der Waals surface area contributed by atoms with E-state index in [4.69, 9.17) is 9.47 Å². The van der Waals surface area contributed by atoms with E-state index in [1.165, 1.54) is 18.2 Å². The van der Waals surface area contributed by atoms with E-state index in [2.05, 4.69) is 4.98 Å². The van der Waals surface area contributed by atoms with Crippen LogP contribution in [0.1, 0.15) is 29.1 Å². The molecule has 0 saturated carbocycles. The maximum absolute atomic E-state index is 12.7. The number of non-ortho nitro benzene ring substituents is 1. The first-order chi connectivity index (χ1) is 14.4. The van der Waals surface area contributed by atoms with Gasteiger partial charge in [-0.15, -0.1) is 11.3 Å². The van der Waals surface area contributed by atoms with Crippen molar-refractivity contribution in [1.29, 1.82) is 0 Å². The number of thiazole rings is 1. The molecule has 30 heavy (non-hydrogen) atoms. The van der Waals surface area contributed by atoms with Gasteiger partial charge < -0.3 is 14.4 Å². The number of carbonyl (C=O) groups is 1. The minimum Gasteiger partial charge on any atom is -0.467 e. The van der Waals surface area contributed by atoms with Crippen molar-refractivity contribution < 1.29 is 19.2 Å². The molecule has 0 fully saturated rings. The van der Waals surface area contributed by atoms with Crippen LogP contribution in [0.25, 0.3) is 16.3 Å². The standard InChI is InChI=1S/C21H19N3O5S/c1-13(21-22-17-5-3-4-6-18(17)30-21)23(2)19(25)8-7-14-9-16(24(26)27)10-15-11-28-12-29-20(14)15/h3-10,13H,11-12H2,1-2H3/b8-7+/t13-/m0/s1. The van der Waals surface area contributed by atoms with Gasteiger partial charge in [0.1, 0.15) is 10.8 Å². The van der Waals surface area contributed by atoms with E-state index in [0.29, 0.717) is 16.9 Å². The van der Waals surface area contributed by atoms with Gasteiger partial charge in [-0.25, -0.2) is 4.98 Å². The summed E-state index contributed by atoms with van der Waals surface area (Å²) in [5, 5.41) is 12.1. The molecule has 0 saturated heterocycles. The smallest absolute Gasteiger partial charge is 0.270 e. The van der Waals surface area contributed by atoms with Crippen molar-refractivity contribution in [2.45, 2.75) is 19.6 Å². The number of para-hydroxylation sites is 1. The SMILES string of the molecule is C[C@@H](c1nc2ccccc2s1)N(C)C(=O)/C=C/c1cc([N+](=O)[O-])cc2c1OCOC2. The molecular formula is C21H19N3O5S. The first-order valence-corrected chi connectivity index (χ1v) is 10.1. The normalized spacial score (nSPS) is 14.3. The molecule has 154 valence electrons. The number of nitro benzene ring substituents is 1. The Morgan fingerprint density at radius 3 is 2.93 bits per heavy atom. The number of hydrogen-bond acceptors (Lipinski definition) is 7. The molecule has 1 aromatic heterocycles. The Balaban J connectivity index is 1.57. The molecule has 0 radical (unpaired) electrons. The minimum atomic E-state index is -0.477. The van der Waals surface area contributed by atoms with Crippen LogP contribution < -0.4 is 4.74 Å². The number of hydrogen-bond donors (Lipinski definition) is 0. The third-order valence-electron chi connectivity index (χ3n) is 4.94. The van der Waals surface area contributed by atoms with Crippen molar-refractivity contribution in [2.24, 2.45) is 0 Å². The van der Waals surface area contributed by atoms with Crippen molar-refractivity contribution in [3.63, 3.8) is 0 Å². The number of aromatic nitrogens is 1. The molecule has 0 bridgehead atoms. The van der Waals surface area contributed by atoms with E-state index < -0.39 is 4.92 Å². The highest BCUT2D eigenvalue weighted by molar-refractivity contribution is 7.18. The zero-order chi connectivity index (χ0) is 21.3. The summed E-state index contributed by atoms with van der Waals surface area (Å²) in [4.78, 5) is 29.7. The van der Waals surface area contributed by atoms with Gasteiger partial charge in [-0.05, 0) is 25.1 Å². The predicted octanol–water partition coefficient (Wildman–Crippen LogP) is 4.30. The molecule has 1 aliphatic rings. The van der Waals surface area contributed by atoms with Gasteiger partial charge in [-0.3, -0.25) is 14.9 Å². The number of likely N-dealkylation sites (N-methyl/N-ethyl adjacent to an activating group) is 1. The van der Waals surface area contributed by atoms with Crippen molar-refractivity contribution in [3.8, 4) is 5.75 Å². The number of nitro groups is 1. The first kappa shape index (κ1) is 20.0. The number of fused-ring (bicyclic) bond motifs is 2. The fourth-order valence-electron chi connectivity index (χ4n) is 3.16. The molecule has 0 unspecified atom stereocenters. The highest BCUT2D eigenvalue weighted by Gasteiger charge is 2.22. The highest BCUT2D eigenvalue weighted by atomic mass is 32.1. The second-order valence-electron chi connectivity index (χ2n) is 6.87. The van der Waals surface area contributed by atoms with E-state index in [9.17, 15) is 14.9 Å². The number of ether oxygens (including phenoxy) is 2. The largest absolute Gasteiger partial charge is 0.467 e. The van der Waals surface area contributed by atoms with Gasteiger partial charge in [0.2, 0.25) is 5.91 Å². The zero-order valence-corrected chi connectivity index (χ0v) is 17.2. The quantitative estimate of drug-likeness (QED) is 0.344. The molecular weight excluding hydrogens is 406 g/mol. The van der Waals surface area contributed by atoms with Gasteiger partial charge in [0.15, 0.2) is 6.79 Å². The van der Waals surface area contributed by atoms with Crippen molar-refractivity contribution >= 4 is 39.2 Å². The van der Waals surface area contributed by atoms with E-state index in [-0.39, 0.29) is 31.0 Å². The van der Waals surface area contributed by atoms with E-state index >= 15 is 0 Å². The number of rotatable bonds is 5. The molecule has 4 rings (SSSR count). The molecule has 1 aliphatic heterocycles. The lowest BCUT2D eigenvalue weighted by molar-refractivity contribution is -0.385. The van der Waals surface area contributed by atoms with Crippen LogP contribution in [-0.2, 0) is 16.1 Å². The third-order valence-corrected chi connectivity index (χ3v) is 6.14. The maximum atomic E-state index is 12.7. The summed E-state index contributed by atoms with van der Waals surface area (Å²) in [7, 11) is 1.71. The molecule has 1 atom stereocenters. The fourth-order valence-corrected chi connectivity index (χ4v) is 4.23. The second-order valence-corrected chi connectivity index (χ2v) is 7.93. The Morgan fingerprint density at radius 1 is 1.37 bits per heavy atom. The summed E-state index contributed by atoms with van der Waals surface area (Å²) in [6, 6.07) is 10.4. The van der Waals surface area contributed by atoms with Crippen LogP contribution in [0.3, 0.4) is 0 Å². The Labute approximate surface area is 176 Å². The van der Waals surface area contributed by atoms with Gasteiger partial charge in [0, 0.05) is 36.4 Å². The van der Waals surface area contributed by atoms with Gasteiger partial charge in [0.25, 0.3) is 5.69 Å². The number of benzene rings is 2. The van der Waals surface area contributed by atoms with Crippen LogP contribution in [0, 0.1) is 10.1 Å². The first-order valence-electron chi connectivity index (χ1n) is 9.26. The lowest BCUT2D eigenvalue weighted by atomic mass is 10.1.